The molecule has 0 bridgehead atoms. The van der Waals surface area contributed by atoms with Crippen molar-refractivity contribution in [2.45, 2.75) is 25.4 Å². The third-order valence-electron chi connectivity index (χ3n) is 3.15. The van der Waals surface area contributed by atoms with Crippen molar-refractivity contribution in [1.82, 2.24) is 9.88 Å². The molecule has 1 saturated heterocycles. The van der Waals surface area contributed by atoms with E-state index >= 15 is 0 Å². The molecule has 3 heteroatoms. The Morgan fingerprint density at radius 2 is 2.07 bits per heavy atom. The van der Waals surface area contributed by atoms with Crippen molar-refractivity contribution in [2.75, 3.05) is 20.1 Å². The van der Waals surface area contributed by atoms with Gasteiger partial charge in [-0.15, -0.1) is 0 Å². The van der Waals surface area contributed by atoms with E-state index in [1.807, 2.05) is 26.1 Å². The van der Waals surface area contributed by atoms with E-state index < -0.39 is 5.67 Å². The third kappa shape index (κ3) is 2.17. The van der Waals surface area contributed by atoms with Crippen LogP contribution in [-0.4, -0.2) is 30.0 Å². The Morgan fingerprint density at radius 3 is 2.67 bits per heavy atom. The number of aromatic nitrogens is 1. The molecule has 0 radical (unpaired) electrons. The topological polar surface area (TPSA) is 16.1 Å². The predicted molar refractivity (Wildman–Crippen MR) is 58.5 cm³/mol. The van der Waals surface area contributed by atoms with Crippen LogP contribution in [0.15, 0.2) is 18.3 Å². The molecule has 0 saturated carbocycles. The number of alkyl halides is 1. The molecule has 2 nitrogen and oxygen atoms in total. The van der Waals surface area contributed by atoms with Crippen LogP contribution < -0.4 is 0 Å². The van der Waals surface area contributed by atoms with Crippen LogP contribution in [0.3, 0.4) is 0 Å². The van der Waals surface area contributed by atoms with E-state index in [0.717, 1.165) is 18.7 Å². The van der Waals surface area contributed by atoms with Gasteiger partial charge in [-0.25, -0.2) is 4.39 Å². The monoisotopic (exact) mass is 208 g/mol. The number of rotatable bonds is 1. The molecular weight excluding hydrogens is 191 g/mol. The van der Waals surface area contributed by atoms with Crippen molar-refractivity contribution in [3.8, 4) is 0 Å². The van der Waals surface area contributed by atoms with Crippen LogP contribution in [-0.2, 0) is 5.67 Å². The van der Waals surface area contributed by atoms with Gasteiger partial charge in [0.15, 0.2) is 5.67 Å². The second kappa shape index (κ2) is 3.89. The molecule has 1 aliphatic heterocycles. The fourth-order valence-corrected chi connectivity index (χ4v) is 2.01. The van der Waals surface area contributed by atoms with Crippen molar-refractivity contribution in [1.29, 1.82) is 0 Å². The number of aryl methyl sites for hydroxylation is 1. The molecule has 1 aromatic heterocycles. The molecule has 0 amide bonds. The van der Waals surface area contributed by atoms with Gasteiger partial charge in [0.2, 0.25) is 0 Å². The summed E-state index contributed by atoms with van der Waals surface area (Å²) in [6, 6.07) is 3.77. The van der Waals surface area contributed by atoms with Crippen LogP contribution in [0.1, 0.15) is 24.1 Å². The average molecular weight is 208 g/mol. The van der Waals surface area contributed by atoms with E-state index in [0.29, 0.717) is 18.5 Å². The highest BCUT2D eigenvalue weighted by atomic mass is 19.1. The summed E-state index contributed by atoms with van der Waals surface area (Å²) in [6.07, 6.45) is 2.81. The highest BCUT2D eigenvalue weighted by Gasteiger charge is 2.36. The van der Waals surface area contributed by atoms with Crippen LogP contribution in [0.4, 0.5) is 4.39 Å². The van der Waals surface area contributed by atoms with Crippen molar-refractivity contribution in [2.24, 2.45) is 0 Å². The largest absolute Gasteiger partial charge is 0.306 e. The van der Waals surface area contributed by atoms with Crippen molar-refractivity contribution < 1.29 is 4.39 Å². The number of nitrogens with zero attached hydrogens (tertiary/aromatic N) is 2. The molecule has 82 valence electrons. The van der Waals surface area contributed by atoms with Gasteiger partial charge in [-0.2, -0.15) is 0 Å². The minimum atomic E-state index is -1.21. The second-order valence-electron chi connectivity index (χ2n) is 4.49. The molecule has 1 fully saturated rings. The molecule has 0 unspecified atom stereocenters. The minimum Gasteiger partial charge on any atom is -0.306 e. The Morgan fingerprint density at radius 1 is 1.40 bits per heavy atom. The summed E-state index contributed by atoms with van der Waals surface area (Å²) < 4.78 is 14.6. The normalized spacial score (nSPS) is 21.5. The maximum atomic E-state index is 14.6. The zero-order valence-electron chi connectivity index (χ0n) is 9.33. The van der Waals surface area contributed by atoms with Gasteiger partial charge in [0.1, 0.15) is 0 Å². The van der Waals surface area contributed by atoms with Gasteiger partial charge >= 0.3 is 0 Å². The van der Waals surface area contributed by atoms with E-state index in [-0.39, 0.29) is 0 Å². The standard InChI is InChI=1S/C12H17FN2/c1-10-3-6-14-11(9-10)12(13)4-7-15(2)8-5-12/h3,6,9H,4-5,7-8H2,1-2H3. The predicted octanol–water partition coefficient (Wildman–Crippen LogP) is 2.28. The fraction of sp³-hybridized carbons (Fsp3) is 0.583. The fourth-order valence-electron chi connectivity index (χ4n) is 2.01. The lowest BCUT2D eigenvalue weighted by atomic mass is 9.89. The van der Waals surface area contributed by atoms with Crippen molar-refractivity contribution in [3.05, 3.63) is 29.6 Å². The van der Waals surface area contributed by atoms with Crippen LogP contribution in [0.5, 0.6) is 0 Å². The number of pyridine rings is 1. The number of likely N-dealkylation sites (tertiary alicyclic amines) is 1. The van der Waals surface area contributed by atoms with Gasteiger partial charge in [-0.3, -0.25) is 4.98 Å². The molecule has 0 aliphatic carbocycles. The van der Waals surface area contributed by atoms with E-state index in [1.54, 1.807) is 6.20 Å². The Kier molecular flexibility index (Phi) is 2.74. The van der Waals surface area contributed by atoms with Crippen LogP contribution in [0.2, 0.25) is 0 Å². The highest BCUT2D eigenvalue weighted by molar-refractivity contribution is 5.20. The van der Waals surface area contributed by atoms with Gasteiger partial charge in [0, 0.05) is 19.3 Å². The molecule has 0 N–H and O–H groups in total. The van der Waals surface area contributed by atoms with Gasteiger partial charge in [-0.05, 0) is 44.5 Å². The molecule has 2 heterocycles. The van der Waals surface area contributed by atoms with Gasteiger partial charge in [0.05, 0.1) is 5.69 Å². The van der Waals surface area contributed by atoms with Crippen molar-refractivity contribution >= 4 is 0 Å². The summed E-state index contributed by atoms with van der Waals surface area (Å²) in [5.74, 6) is 0. The Labute approximate surface area is 90.1 Å². The Hall–Kier alpha value is -0.960. The van der Waals surface area contributed by atoms with Crippen LogP contribution in [0, 0.1) is 6.92 Å². The van der Waals surface area contributed by atoms with E-state index in [2.05, 4.69) is 9.88 Å². The lowest BCUT2D eigenvalue weighted by Crippen LogP contribution is -2.38. The number of hydrogen-bond donors (Lipinski definition) is 0. The highest BCUT2D eigenvalue weighted by Crippen LogP contribution is 2.35. The number of hydrogen-bond acceptors (Lipinski definition) is 2. The first-order valence-corrected chi connectivity index (χ1v) is 5.41. The summed E-state index contributed by atoms with van der Waals surface area (Å²) in [5.41, 5.74) is 0.477. The van der Waals surface area contributed by atoms with Crippen LogP contribution >= 0.6 is 0 Å². The summed E-state index contributed by atoms with van der Waals surface area (Å²) in [5, 5.41) is 0. The molecule has 0 atom stereocenters. The third-order valence-corrected chi connectivity index (χ3v) is 3.15. The SMILES string of the molecule is Cc1ccnc(C2(F)CCN(C)CC2)c1. The molecule has 2 rings (SSSR count). The molecule has 1 aromatic rings. The lowest BCUT2D eigenvalue weighted by molar-refractivity contribution is 0.0633. The lowest BCUT2D eigenvalue weighted by Gasteiger charge is -2.34. The van der Waals surface area contributed by atoms with Crippen molar-refractivity contribution in [3.63, 3.8) is 0 Å². The first kappa shape index (κ1) is 10.6. The van der Waals surface area contributed by atoms with E-state index in [9.17, 15) is 4.39 Å². The van der Waals surface area contributed by atoms with E-state index in [4.69, 9.17) is 0 Å². The van der Waals surface area contributed by atoms with Crippen LogP contribution in [0.25, 0.3) is 0 Å². The molecule has 0 aromatic carbocycles. The average Bonchev–Trinajstić information content (AvgIpc) is 2.23. The number of piperidine rings is 1. The smallest absolute Gasteiger partial charge is 0.155 e. The summed E-state index contributed by atoms with van der Waals surface area (Å²) >= 11 is 0. The van der Waals surface area contributed by atoms with Gasteiger partial charge < -0.3 is 4.90 Å². The molecule has 15 heavy (non-hydrogen) atoms. The summed E-state index contributed by atoms with van der Waals surface area (Å²) in [4.78, 5) is 6.33. The zero-order valence-corrected chi connectivity index (χ0v) is 9.33. The minimum absolute atomic E-state index is 0.556. The second-order valence-corrected chi connectivity index (χ2v) is 4.49. The molecular formula is C12H17FN2. The first-order valence-electron chi connectivity index (χ1n) is 5.41. The summed E-state index contributed by atoms with van der Waals surface area (Å²) in [6.45, 7) is 3.60. The van der Waals surface area contributed by atoms with E-state index in [1.165, 1.54) is 0 Å². The summed E-state index contributed by atoms with van der Waals surface area (Å²) in [7, 11) is 2.03. The maximum absolute atomic E-state index is 14.6. The number of halogens is 1. The quantitative estimate of drug-likeness (QED) is 0.704. The first-order chi connectivity index (χ1) is 7.10. The zero-order chi connectivity index (χ0) is 10.9. The van der Waals surface area contributed by atoms with Gasteiger partial charge in [-0.1, -0.05) is 0 Å². The Balaban J connectivity index is 2.22. The van der Waals surface area contributed by atoms with Gasteiger partial charge in [0.25, 0.3) is 0 Å². The Bertz CT molecular complexity index is 343. The molecule has 0 spiro atoms. The maximum Gasteiger partial charge on any atom is 0.155 e. The molecule has 1 aliphatic rings.